The van der Waals surface area contributed by atoms with E-state index in [2.05, 4.69) is 19.9 Å². The maximum Gasteiger partial charge on any atom is 0.225 e. The minimum atomic E-state index is 0.535. The highest BCUT2D eigenvalue weighted by atomic mass is 32.1. The fourth-order valence-corrected chi connectivity index (χ4v) is 3.02. The number of piperidine rings is 1. The van der Waals surface area contributed by atoms with Crippen LogP contribution >= 0.6 is 11.3 Å². The van der Waals surface area contributed by atoms with Gasteiger partial charge in [-0.2, -0.15) is 0 Å². The molecule has 0 aliphatic carbocycles. The van der Waals surface area contributed by atoms with E-state index >= 15 is 0 Å². The first-order valence-electron chi connectivity index (χ1n) is 5.85. The van der Waals surface area contributed by atoms with Crippen LogP contribution in [0.15, 0.2) is 30.0 Å². The first-order chi connectivity index (χ1) is 8.43. The van der Waals surface area contributed by atoms with Gasteiger partial charge in [-0.15, -0.1) is 11.3 Å². The lowest BCUT2D eigenvalue weighted by atomic mass is 9.99. The Bertz CT molecular complexity index is 457. The number of hydrogen-bond donors (Lipinski definition) is 0. The molecule has 17 heavy (non-hydrogen) atoms. The molecule has 0 spiro atoms. The summed E-state index contributed by atoms with van der Waals surface area (Å²) < 4.78 is 0. The summed E-state index contributed by atoms with van der Waals surface area (Å²) in [5.74, 6) is 1.38. The molecule has 88 valence electrons. The molecule has 3 heterocycles. The number of hydrogen-bond acceptors (Lipinski definition) is 5. The average Bonchev–Trinajstić information content (AvgIpc) is 2.94. The van der Waals surface area contributed by atoms with Gasteiger partial charge in [0.25, 0.3) is 0 Å². The Labute approximate surface area is 104 Å². The molecule has 1 aliphatic rings. The van der Waals surface area contributed by atoms with Crippen LogP contribution in [-0.2, 0) is 0 Å². The monoisotopic (exact) mass is 246 g/mol. The predicted octanol–water partition coefficient (Wildman–Crippen LogP) is 2.32. The van der Waals surface area contributed by atoms with Gasteiger partial charge in [0.2, 0.25) is 5.95 Å². The fourth-order valence-electron chi connectivity index (χ4n) is 2.25. The summed E-state index contributed by atoms with van der Waals surface area (Å²) in [6.07, 6.45) is 7.89. The maximum absolute atomic E-state index is 4.42. The highest BCUT2D eigenvalue weighted by Gasteiger charge is 2.24. The van der Waals surface area contributed by atoms with Crippen LogP contribution in [0.1, 0.15) is 23.8 Å². The Kier molecular flexibility index (Phi) is 3.00. The van der Waals surface area contributed by atoms with Gasteiger partial charge in [0.1, 0.15) is 0 Å². The van der Waals surface area contributed by atoms with Crippen LogP contribution < -0.4 is 4.90 Å². The Hall–Kier alpha value is -1.49. The second-order valence-electron chi connectivity index (χ2n) is 4.20. The molecular weight excluding hydrogens is 232 g/mol. The molecule has 1 unspecified atom stereocenters. The molecule has 4 nitrogen and oxygen atoms in total. The van der Waals surface area contributed by atoms with Gasteiger partial charge in [-0.3, -0.25) is 0 Å². The zero-order chi connectivity index (χ0) is 11.5. The van der Waals surface area contributed by atoms with Gasteiger partial charge in [0.05, 0.1) is 5.01 Å². The molecule has 0 radical (unpaired) electrons. The molecule has 3 rings (SSSR count). The lowest BCUT2D eigenvalue weighted by molar-refractivity contribution is 0.502. The topological polar surface area (TPSA) is 41.9 Å². The predicted molar refractivity (Wildman–Crippen MR) is 68.3 cm³/mol. The normalized spacial score (nSPS) is 20.5. The van der Waals surface area contributed by atoms with E-state index in [-0.39, 0.29) is 0 Å². The van der Waals surface area contributed by atoms with Crippen molar-refractivity contribution in [3.05, 3.63) is 35.0 Å². The summed E-state index contributed by atoms with van der Waals surface area (Å²) in [5.41, 5.74) is 0. The molecule has 0 saturated carbocycles. The van der Waals surface area contributed by atoms with Crippen LogP contribution in [0.3, 0.4) is 0 Å². The third-order valence-corrected chi connectivity index (χ3v) is 4.00. The Morgan fingerprint density at radius 3 is 2.82 bits per heavy atom. The van der Waals surface area contributed by atoms with E-state index in [9.17, 15) is 0 Å². The van der Waals surface area contributed by atoms with Crippen LogP contribution in [0.25, 0.3) is 0 Å². The number of thiazole rings is 1. The Morgan fingerprint density at radius 1 is 1.18 bits per heavy atom. The molecular formula is C12H14N4S. The molecule has 0 N–H and O–H groups in total. The van der Waals surface area contributed by atoms with E-state index in [0.717, 1.165) is 19.0 Å². The summed E-state index contributed by atoms with van der Waals surface area (Å²) in [5, 5.41) is 3.29. The van der Waals surface area contributed by atoms with Crippen LogP contribution in [0.4, 0.5) is 5.95 Å². The van der Waals surface area contributed by atoms with Gasteiger partial charge in [-0.05, 0) is 18.9 Å². The zero-order valence-electron chi connectivity index (χ0n) is 9.49. The second-order valence-corrected chi connectivity index (χ2v) is 5.13. The van der Waals surface area contributed by atoms with Gasteiger partial charge in [-0.25, -0.2) is 15.0 Å². The van der Waals surface area contributed by atoms with E-state index in [1.807, 2.05) is 17.6 Å². The molecule has 0 bridgehead atoms. The molecule has 1 saturated heterocycles. The van der Waals surface area contributed by atoms with Crippen molar-refractivity contribution in [1.82, 2.24) is 15.0 Å². The standard InChI is InChI=1S/C12H14N4S/c1-3-10(11-13-6-8-17-11)9-16(7-1)12-14-4-2-5-15-12/h2,4-6,8,10H,1,3,7,9H2. The van der Waals surface area contributed by atoms with Crippen molar-refractivity contribution in [3.8, 4) is 0 Å². The van der Waals surface area contributed by atoms with Crippen molar-refractivity contribution in [2.45, 2.75) is 18.8 Å². The molecule has 1 fully saturated rings. The molecule has 0 amide bonds. The molecule has 0 aromatic carbocycles. The Morgan fingerprint density at radius 2 is 2.06 bits per heavy atom. The van der Waals surface area contributed by atoms with Crippen LogP contribution in [0, 0.1) is 0 Å². The maximum atomic E-state index is 4.42. The van der Waals surface area contributed by atoms with E-state index in [1.54, 1.807) is 23.7 Å². The number of nitrogens with zero attached hydrogens (tertiary/aromatic N) is 4. The summed E-state index contributed by atoms with van der Waals surface area (Å²) in [7, 11) is 0. The van der Waals surface area contributed by atoms with Gasteiger partial charge < -0.3 is 4.90 Å². The molecule has 5 heteroatoms. The first kappa shape index (κ1) is 10.7. The molecule has 2 aromatic rings. The largest absolute Gasteiger partial charge is 0.340 e. The number of anilines is 1. The van der Waals surface area contributed by atoms with Crippen molar-refractivity contribution in [2.75, 3.05) is 18.0 Å². The van der Waals surface area contributed by atoms with E-state index < -0.39 is 0 Å². The average molecular weight is 246 g/mol. The van der Waals surface area contributed by atoms with Crippen molar-refractivity contribution < 1.29 is 0 Å². The van der Waals surface area contributed by atoms with Crippen molar-refractivity contribution >= 4 is 17.3 Å². The van der Waals surface area contributed by atoms with Crippen LogP contribution in [0.2, 0.25) is 0 Å². The van der Waals surface area contributed by atoms with Gasteiger partial charge in [0, 0.05) is 43.0 Å². The lowest BCUT2D eigenvalue weighted by Gasteiger charge is -2.31. The Balaban J connectivity index is 1.76. The number of rotatable bonds is 2. The quantitative estimate of drug-likeness (QED) is 0.815. The van der Waals surface area contributed by atoms with E-state index in [0.29, 0.717) is 5.92 Å². The lowest BCUT2D eigenvalue weighted by Crippen LogP contribution is -2.35. The fraction of sp³-hybridized carbons (Fsp3) is 0.417. The third kappa shape index (κ3) is 2.29. The van der Waals surface area contributed by atoms with Crippen LogP contribution in [-0.4, -0.2) is 28.0 Å². The zero-order valence-corrected chi connectivity index (χ0v) is 10.3. The summed E-state index contributed by atoms with van der Waals surface area (Å²) >= 11 is 1.75. The van der Waals surface area contributed by atoms with E-state index in [4.69, 9.17) is 0 Å². The van der Waals surface area contributed by atoms with E-state index in [1.165, 1.54) is 17.8 Å². The van der Waals surface area contributed by atoms with Gasteiger partial charge in [0.15, 0.2) is 0 Å². The van der Waals surface area contributed by atoms with Crippen molar-refractivity contribution in [1.29, 1.82) is 0 Å². The number of aromatic nitrogens is 3. The highest BCUT2D eigenvalue weighted by molar-refractivity contribution is 7.09. The third-order valence-electron chi connectivity index (χ3n) is 3.06. The highest BCUT2D eigenvalue weighted by Crippen LogP contribution is 2.29. The smallest absolute Gasteiger partial charge is 0.225 e. The first-order valence-corrected chi connectivity index (χ1v) is 6.73. The van der Waals surface area contributed by atoms with Gasteiger partial charge >= 0.3 is 0 Å². The van der Waals surface area contributed by atoms with Gasteiger partial charge in [-0.1, -0.05) is 0 Å². The van der Waals surface area contributed by atoms with Crippen molar-refractivity contribution in [3.63, 3.8) is 0 Å². The molecule has 2 aromatic heterocycles. The summed E-state index contributed by atoms with van der Waals surface area (Å²) in [6.45, 7) is 2.03. The minimum absolute atomic E-state index is 0.535. The SMILES string of the molecule is c1cnc(N2CCCC(c3nccs3)C2)nc1. The van der Waals surface area contributed by atoms with Crippen LogP contribution in [0.5, 0.6) is 0 Å². The summed E-state index contributed by atoms with van der Waals surface area (Å²) in [6, 6.07) is 1.85. The summed E-state index contributed by atoms with van der Waals surface area (Å²) in [4.78, 5) is 15.3. The molecule has 1 aliphatic heterocycles. The second kappa shape index (κ2) is 4.79. The minimum Gasteiger partial charge on any atom is -0.340 e. The van der Waals surface area contributed by atoms with Crippen molar-refractivity contribution in [2.24, 2.45) is 0 Å². The molecule has 1 atom stereocenters.